The van der Waals surface area contributed by atoms with Crippen LogP contribution in [0.2, 0.25) is 5.15 Å². The molecular weight excluding hydrogens is 200 g/mol. The molecule has 3 nitrogen and oxygen atoms in total. The van der Waals surface area contributed by atoms with E-state index in [1.807, 2.05) is 0 Å². The van der Waals surface area contributed by atoms with Crippen molar-refractivity contribution in [2.75, 3.05) is 5.73 Å². The Bertz CT molecular complexity index is 317. The van der Waals surface area contributed by atoms with Crippen molar-refractivity contribution in [1.29, 1.82) is 0 Å². The molecule has 0 unspecified atom stereocenters. The Morgan fingerprint density at radius 3 is 2.62 bits per heavy atom. The number of halogens is 3. The molecular formula is C7H8ClF2N3. The smallest absolute Gasteiger partial charge is 0.264 e. The fraction of sp³-hybridized carbons (Fsp3) is 0.286. The maximum atomic E-state index is 12.4. The lowest BCUT2D eigenvalue weighted by Gasteiger charge is -2.09. The fourth-order valence-corrected chi connectivity index (χ4v) is 1.20. The molecule has 0 radical (unpaired) electrons. The highest BCUT2D eigenvalue weighted by atomic mass is 35.5. The molecule has 13 heavy (non-hydrogen) atoms. The number of alkyl halides is 2. The van der Waals surface area contributed by atoms with Gasteiger partial charge in [0.05, 0.1) is 0 Å². The first kappa shape index (κ1) is 10.1. The summed E-state index contributed by atoms with van der Waals surface area (Å²) in [4.78, 5) is 3.62. The Morgan fingerprint density at radius 1 is 1.54 bits per heavy atom. The third-order valence-electron chi connectivity index (χ3n) is 1.60. The number of nitrogen functional groups attached to an aromatic ring is 1. The maximum absolute atomic E-state index is 12.4. The van der Waals surface area contributed by atoms with Crippen molar-refractivity contribution >= 4 is 17.4 Å². The molecule has 72 valence electrons. The topological polar surface area (TPSA) is 64.9 Å². The lowest BCUT2D eigenvalue weighted by Crippen LogP contribution is -2.08. The zero-order valence-electron chi connectivity index (χ0n) is 6.60. The highest BCUT2D eigenvalue weighted by Gasteiger charge is 2.16. The largest absolute Gasteiger partial charge is 0.383 e. The van der Waals surface area contributed by atoms with E-state index >= 15 is 0 Å². The van der Waals surface area contributed by atoms with E-state index in [1.165, 1.54) is 0 Å². The summed E-state index contributed by atoms with van der Waals surface area (Å²) in [6.45, 7) is -0.0737. The molecule has 1 aromatic rings. The van der Waals surface area contributed by atoms with Gasteiger partial charge in [-0.05, 0) is 6.07 Å². The van der Waals surface area contributed by atoms with E-state index in [-0.39, 0.29) is 28.6 Å². The number of nitrogens with zero attached hydrogens (tertiary/aromatic N) is 1. The molecule has 0 bridgehead atoms. The zero-order valence-corrected chi connectivity index (χ0v) is 7.35. The Kier molecular flexibility index (Phi) is 3.00. The Hall–Kier alpha value is -0.940. The number of anilines is 1. The van der Waals surface area contributed by atoms with Gasteiger partial charge in [0.25, 0.3) is 6.43 Å². The van der Waals surface area contributed by atoms with E-state index in [1.54, 1.807) is 0 Å². The van der Waals surface area contributed by atoms with Crippen LogP contribution in [0.25, 0.3) is 0 Å². The number of nitrogens with two attached hydrogens (primary N) is 2. The van der Waals surface area contributed by atoms with Crippen molar-refractivity contribution in [2.45, 2.75) is 13.0 Å². The lowest BCUT2D eigenvalue weighted by atomic mass is 10.1. The molecule has 0 saturated heterocycles. The summed E-state index contributed by atoms with van der Waals surface area (Å²) < 4.78 is 24.8. The molecule has 0 atom stereocenters. The first-order valence-corrected chi connectivity index (χ1v) is 3.87. The van der Waals surface area contributed by atoms with Crippen LogP contribution in [0.4, 0.5) is 14.6 Å². The van der Waals surface area contributed by atoms with E-state index in [0.29, 0.717) is 0 Å². The molecule has 1 rings (SSSR count). The van der Waals surface area contributed by atoms with Crippen LogP contribution in [0.15, 0.2) is 6.07 Å². The highest BCUT2D eigenvalue weighted by Crippen LogP contribution is 2.27. The van der Waals surface area contributed by atoms with Gasteiger partial charge in [0, 0.05) is 17.7 Å². The molecule has 0 saturated carbocycles. The molecule has 4 N–H and O–H groups in total. The molecule has 1 heterocycles. The van der Waals surface area contributed by atoms with E-state index in [4.69, 9.17) is 23.1 Å². The fourth-order valence-electron chi connectivity index (χ4n) is 0.995. The summed E-state index contributed by atoms with van der Waals surface area (Å²) in [5, 5.41) is -0.0509. The maximum Gasteiger partial charge on any atom is 0.264 e. The van der Waals surface area contributed by atoms with Gasteiger partial charge in [-0.3, -0.25) is 0 Å². The van der Waals surface area contributed by atoms with Crippen molar-refractivity contribution in [3.8, 4) is 0 Å². The molecule has 0 amide bonds. The van der Waals surface area contributed by atoms with Gasteiger partial charge in [-0.15, -0.1) is 0 Å². The van der Waals surface area contributed by atoms with Gasteiger partial charge in [-0.25, -0.2) is 13.8 Å². The molecule has 0 aliphatic heterocycles. The zero-order chi connectivity index (χ0) is 10.0. The van der Waals surface area contributed by atoms with Crippen LogP contribution in [-0.2, 0) is 6.54 Å². The minimum absolute atomic E-state index is 0.0368. The van der Waals surface area contributed by atoms with Crippen LogP contribution in [0.1, 0.15) is 17.6 Å². The first-order valence-electron chi connectivity index (χ1n) is 3.49. The van der Waals surface area contributed by atoms with Crippen LogP contribution < -0.4 is 11.5 Å². The number of pyridine rings is 1. The SMILES string of the molecule is NCc1c(C(F)F)cc(Cl)nc1N. The summed E-state index contributed by atoms with van der Waals surface area (Å²) in [6.07, 6.45) is -2.64. The number of aromatic nitrogens is 1. The molecule has 1 aromatic heterocycles. The Morgan fingerprint density at radius 2 is 2.15 bits per heavy atom. The average molecular weight is 208 g/mol. The molecule has 0 spiro atoms. The van der Waals surface area contributed by atoms with Gasteiger partial charge in [0.1, 0.15) is 11.0 Å². The van der Waals surface area contributed by atoms with Gasteiger partial charge in [0.2, 0.25) is 0 Å². The second-order valence-corrected chi connectivity index (χ2v) is 2.79. The summed E-state index contributed by atoms with van der Waals surface area (Å²) in [7, 11) is 0. The summed E-state index contributed by atoms with van der Waals surface area (Å²) in [5.41, 5.74) is 10.5. The van der Waals surface area contributed by atoms with Crippen molar-refractivity contribution in [2.24, 2.45) is 5.73 Å². The summed E-state index contributed by atoms with van der Waals surface area (Å²) in [5.74, 6) is -0.0368. The lowest BCUT2D eigenvalue weighted by molar-refractivity contribution is 0.150. The molecule has 0 aliphatic rings. The third kappa shape index (κ3) is 2.05. The van der Waals surface area contributed by atoms with E-state index < -0.39 is 6.43 Å². The van der Waals surface area contributed by atoms with Crippen LogP contribution in [0.3, 0.4) is 0 Å². The van der Waals surface area contributed by atoms with E-state index in [0.717, 1.165) is 6.07 Å². The van der Waals surface area contributed by atoms with Crippen LogP contribution in [-0.4, -0.2) is 4.98 Å². The molecule has 0 fully saturated rings. The van der Waals surface area contributed by atoms with Gasteiger partial charge < -0.3 is 11.5 Å². The predicted octanol–water partition coefficient (Wildman–Crippen LogP) is 1.71. The molecule has 6 heteroatoms. The van der Waals surface area contributed by atoms with Gasteiger partial charge >= 0.3 is 0 Å². The first-order chi connectivity index (χ1) is 6.06. The van der Waals surface area contributed by atoms with E-state index in [2.05, 4.69) is 4.98 Å². The second-order valence-electron chi connectivity index (χ2n) is 2.40. The van der Waals surface area contributed by atoms with Crippen molar-refractivity contribution in [1.82, 2.24) is 4.98 Å². The normalized spacial score (nSPS) is 10.8. The standard InChI is InChI=1S/C7H8ClF2N3/c8-5-1-3(6(9)10)4(2-11)7(12)13-5/h1,6H,2,11H2,(H2,12,13). The monoisotopic (exact) mass is 207 g/mol. The number of hydrogen-bond donors (Lipinski definition) is 2. The van der Waals surface area contributed by atoms with Crippen LogP contribution in [0.5, 0.6) is 0 Å². The van der Waals surface area contributed by atoms with Crippen LogP contribution in [0, 0.1) is 0 Å². The molecule has 0 aromatic carbocycles. The quantitative estimate of drug-likeness (QED) is 0.726. The second kappa shape index (κ2) is 3.85. The highest BCUT2D eigenvalue weighted by molar-refractivity contribution is 6.29. The summed E-state index contributed by atoms with van der Waals surface area (Å²) in [6, 6.07) is 1.07. The van der Waals surface area contributed by atoms with Crippen molar-refractivity contribution < 1.29 is 8.78 Å². The minimum atomic E-state index is -2.64. The molecule has 0 aliphatic carbocycles. The number of hydrogen-bond acceptors (Lipinski definition) is 3. The van der Waals surface area contributed by atoms with Crippen molar-refractivity contribution in [3.05, 3.63) is 22.3 Å². The van der Waals surface area contributed by atoms with Crippen molar-refractivity contribution in [3.63, 3.8) is 0 Å². The third-order valence-corrected chi connectivity index (χ3v) is 1.79. The Balaban J connectivity index is 3.29. The van der Waals surface area contributed by atoms with Crippen LogP contribution >= 0.6 is 11.6 Å². The average Bonchev–Trinajstić information content (AvgIpc) is 2.02. The van der Waals surface area contributed by atoms with Gasteiger partial charge in [-0.2, -0.15) is 0 Å². The minimum Gasteiger partial charge on any atom is -0.383 e. The van der Waals surface area contributed by atoms with E-state index in [9.17, 15) is 8.78 Å². The number of rotatable bonds is 2. The predicted molar refractivity (Wildman–Crippen MR) is 46.5 cm³/mol. The van der Waals surface area contributed by atoms with Gasteiger partial charge in [0.15, 0.2) is 0 Å². The Labute approximate surface area is 78.7 Å². The summed E-state index contributed by atoms with van der Waals surface area (Å²) >= 11 is 5.46. The van der Waals surface area contributed by atoms with Gasteiger partial charge in [-0.1, -0.05) is 11.6 Å².